The summed E-state index contributed by atoms with van der Waals surface area (Å²) >= 11 is 0. The first-order chi connectivity index (χ1) is 6.83. The van der Waals surface area contributed by atoms with Crippen LogP contribution in [0.15, 0.2) is 24.3 Å². The number of hydrogen-bond donors (Lipinski definition) is 1. The molecule has 0 aliphatic rings. The topological polar surface area (TPSA) is 35.2 Å². The second-order valence-electron chi connectivity index (χ2n) is 3.08. The SMILES string of the molecule is C#CCC(CN)c1ccccc1OC. The highest BCUT2D eigenvalue weighted by Gasteiger charge is 2.12. The predicted octanol–water partition coefficient (Wildman–Crippen LogP) is 1.76. The zero-order chi connectivity index (χ0) is 10.4. The molecule has 2 heteroatoms. The van der Waals surface area contributed by atoms with Gasteiger partial charge in [0, 0.05) is 18.9 Å². The highest BCUT2D eigenvalue weighted by atomic mass is 16.5. The molecule has 0 spiro atoms. The summed E-state index contributed by atoms with van der Waals surface area (Å²) in [7, 11) is 1.66. The lowest BCUT2D eigenvalue weighted by Crippen LogP contribution is -2.12. The second kappa shape index (κ2) is 5.31. The summed E-state index contributed by atoms with van der Waals surface area (Å²) in [6.07, 6.45) is 5.94. The molecule has 2 nitrogen and oxygen atoms in total. The Balaban J connectivity index is 2.97. The minimum Gasteiger partial charge on any atom is -0.496 e. The molecule has 1 aromatic carbocycles. The van der Waals surface area contributed by atoms with Crippen molar-refractivity contribution in [2.24, 2.45) is 5.73 Å². The molecule has 1 aromatic rings. The molecule has 0 saturated carbocycles. The Kier molecular flexibility index (Phi) is 4.03. The smallest absolute Gasteiger partial charge is 0.122 e. The van der Waals surface area contributed by atoms with Gasteiger partial charge in [-0.15, -0.1) is 12.3 Å². The molecule has 1 unspecified atom stereocenters. The number of nitrogens with two attached hydrogens (primary N) is 1. The normalized spacial score (nSPS) is 11.8. The fourth-order valence-corrected chi connectivity index (χ4v) is 1.47. The molecule has 0 bridgehead atoms. The Morgan fingerprint density at radius 1 is 1.50 bits per heavy atom. The van der Waals surface area contributed by atoms with Gasteiger partial charge in [0.2, 0.25) is 0 Å². The first-order valence-electron chi connectivity index (χ1n) is 4.60. The van der Waals surface area contributed by atoms with Crippen LogP contribution in [-0.4, -0.2) is 13.7 Å². The number of ether oxygens (including phenoxy) is 1. The van der Waals surface area contributed by atoms with Crippen LogP contribution < -0.4 is 10.5 Å². The van der Waals surface area contributed by atoms with E-state index in [-0.39, 0.29) is 5.92 Å². The van der Waals surface area contributed by atoms with Crippen molar-refractivity contribution in [3.05, 3.63) is 29.8 Å². The largest absolute Gasteiger partial charge is 0.496 e. The van der Waals surface area contributed by atoms with E-state index in [4.69, 9.17) is 16.9 Å². The lowest BCUT2D eigenvalue weighted by atomic mass is 9.95. The van der Waals surface area contributed by atoms with Crippen LogP contribution in [0, 0.1) is 12.3 Å². The number of methoxy groups -OCH3 is 1. The number of hydrogen-bond acceptors (Lipinski definition) is 2. The molecule has 14 heavy (non-hydrogen) atoms. The maximum Gasteiger partial charge on any atom is 0.122 e. The van der Waals surface area contributed by atoms with Crippen LogP contribution in [0.5, 0.6) is 5.75 Å². The first-order valence-corrected chi connectivity index (χ1v) is 4.60. The molecule has 0 radical (unpaired) electrons. The molecule has 0 heterocycles. The summed E-state index contributed by atoms with van der Waals surface area (Å²) in [5.74, 6) is 3.68. The summed E-state index contributed by atoms with van der Waals surface area (Å²) < 4.78 is 5.25. The average molecular weight is 189 g/mol. The van der Waals surface area contributed by atoms with Crippen molar-refractivity contribution in [3.63, 3.8) is 0 Å². The zero-order valence-corrected chi connectivity index (χ0v) is 8.36. The van der Waals surface area contributed by atoms with Gasteiger partial charge in [-0.2, -0.15) is 0 Å². The van der Waals surface area contributed by atoms with Crippen molar-refractivity contribution < 1.29 is 4.74 Å². The average Bonchev–Trinajstić information content (AvgIpc) is 2.26. The van der Waals surface area contributed by atoms with Crippen molar-refractivity contribution in [2.45, 2.75) is 12.3 Å². The maximum absolute atomic E-state index is 5.66. The van der Waals surface area contributed by atoms with Crippen molar-refractivity contribution >= 4 is 0 Å². The van der Waals surface area contributed by atoms with Gasteiger partial charge in [-0.05, 0) is 11.6 Å². The molecule has 0 fully saturated rings. The van der Waals surface area contributed by atoms with E-state index >= 15 is 0 Å². The molecule has 0 saturated heterocycles. The first kappa shape index (κ1) is 10.6. The molecular formula is C12H15NO. The van der Waals surface area contributed by atoms with E-state index in [0.29, 0.717) is 13.0 Å². The van der Waals surface area contributed by atoms with Crippen LogP contribution in [0.1, 0.15) is 17.9 Å². The van der Waals surface area contributed by atoms with Gasteiger partial charge in [0.05, 0.1) is 7.11 Å². The van der Waals surface area contributed by atoms with E-state index < -0.39 is 0 Å². The predicted molar refractivity (Wildman–Crippen MR) is 58.2 cm³/mol. The Morgan fingerprint density at radius 3 is 2.79 bits per heavy atom. The Morgan fingerprint density at radius 2 is 2.21 bits per heavy atom. The van der Waals surface area contributed by atoms with Gasteiger partial charge in [-0.3, -0.25) is 0 Å². The third-order valence-corrected chi connectivity index (χ3v) is 2.23. The Labute approximate surface area is 85.1 Å². The molecule has 2 N–H and O–H groups in total. The van der Waals surface area contributed by atoms with Crippen molar-refractivity contribution in [2.75, 3.05) is 13.7 Å². The van der Waals surface area contributed by atoms with Crippen molar-refractivity contribution in [1.29, 1.82) is 0 Å². The summed E-state index contributed by atoms with van der Waals surface area (Å²) in [6, 6.07) is 7.84. The number of rotatable bonds is 4. The van der Waals surface area contributed by atoms with Crippen molar-refractivity contribution in [1.82, 2.24) is 0 Å². The summed E-state index contributed by atoms with van der Waals surface area (Å²) in [5.41, 5.74) is 6.76. The van der Waals surface area contributed by atoms with Gasteiger partial charge in [-0.1, -0.05) is 18.2 Å². The second-order valence-corrected chi connectivity index (χ2v) is 3.08. The number of terminal acetylenes is 1. The maximum atomic E-state index is 5.66. The Bertz CT molecular complexity index is 327. The molecule has 0 aromatic heterocycles. The zero-order valence-electron chi connectivity index (χ0n) is 8.36. The number of benzene rings is 1. The summed E-state index contributed by atoms with van der Waals surface area (Å²) in [5, 5.41) is 0. The van der Waals surface area contributed by atoms with E-state index in [9.17, 15) is 0 Å². The fraction of sp³-hybridized carbons (Fsp3) is 0.333. The van der Waals surface area contributed by atoms with E-state index in [1.807, 2.05) is 24.3 Å². The molecule has 1 atom stereocenters. The van der Waals surface area contributed by atoms with E-state index in [0.717, 1.165) is 11.3 Å². The van der Waals surface area contributed by atoms with Gasteiger partial charge in [0.1, 0.15) is 5.75 Å². The lowest BCUT2D eigenvalue weighted by Gasteiger charge is -2.15. The summed E-state index contributed by atoms with van der Waals surface area (Å²) in [6.45, 7) is 0.546. The number of para-hydroxylation sites is 1. The highest BCUT2D eigenvalue weighted by Crippen LogP contribution is 2.27. The molecule has 0 amide bonds. The summed E-state index contributed by atoms with van der Waals surface area (Å²) in [4.78, 5) is 0. The third kappa shape index (κ3) is 2.27. The monoisotopic (exact) mass is 189 g/mol. The fourth-order valence-electron chi connectivity index (χ4n) is 1.47. The standard InChI is InChI=1S/C12H15NO/c1-3-6-10(9-13)11-7-4-5-8-12(11)14-2/h1,4-5,7-8,10H,6,9,13H2,2H3. The minimum absolute atomic E-state index is 0.191. The van der Waals surface area contributed by atoms with E-state index in [2.05, 4.69) is 5.92 Å². The molecular weight excluding hydrogens is 174 g/mol. The molecule has 74 valence electrons. The van der Waals surface area contributed by atoms with Gasteiger partial charge < -0.3 is 10.5 Å². The van der Waals surface area contributed by atoms with Crippen molar-refractivity contribution in [3.8, 4) is 18.1 Å². The highest BCUT2D eigenvalue weighted by molar-refractivity contribution is 5.37. The van der Waals surface area contributed by atoms with Crippen LogP contribution in [0.3, 0.4) is 0 Å². The van der Waals surface area contributed by atoms with Crippen LogP contribution in [0.2, 0.25) is 0 Å². The van der Waals surface area contributed by atoms with Gasteiger partial charge >= 0.3 is 0 Å². The minimum atomic E-state index is 0.191. The van der Waals surface area contributed by atoms with Crippen LogP contribution >= 0.6 is 0 Å². The molecule has 0 aliphatic heterocycles. The molecule has 1 rings (SSSR count). The Hall–Kier alpha value is -1.46. The quantitative estimate of drug-likeness (QED) is 0.732. The van der Waals surface area contributed by atoms with Crippen LogP contribution in [0.25, 0.3) is 0 Å². The van der Waals surface area contributed by atoms with Gasteiger partial charge in [0.15, 0.2) is 0 Å². The molecule has 0 aliphatic carbocycles. The van der Waals surface area contributed by atoms with Crippen LogP contribution in [0.4, 0.5) is 0 Å². The van der Waals surface area contributed by atoms with E-state index in [1.54, 1.807) is 7.11 Å². The third-order valence-electron chi connectivity index (χ3n) is 2.23. The lowest BCUT2D eigenvalue weighted by molar-refractivity contribution is 0.406. The van der Waals surface area contributed by atoms with Gasteiger partial charge in [-0.25, -0.2) is 0 Å². The van der Waals surface area contributed by atoms with E-state index in [1.165, 1.54) is 0 Å². The van der Waals surface area contributed by atoms with Crippen LogP contribution in [-0.2, 0) is 0 Å². The van der Waals surface area contributed by atoms with Gasteiger partial charge in [0.25, 0.3) is 0 Å².